The molecular formula is C19H21F2NO2S. The molecule has 2 aromatic rings. The third kappa shape index (κ3) is 3.75. The molecule has 0 bridgehead atoms. The number of likely N-dealkylation sites (tertiary alicyclic amines) is 1. The molecule has 0 unspecified atom stereocenters. The van der Waals surface area contributed by atoms with Gasteiger partial charge >= 0.3 is 0 Å². The molecule has 0 radical (unpaired) electrons. The highest BCUT2D eigenvalue weighted by Gasteiger charge is 2.47. The van der Waals surface area contributed by atoms with Crippen LogP contribution in [0.4, 0.5) is 8.78 Å². The van der Waals surface area contributed by atoms with E-state index in [2.05, 4.69) is 0 Å². The van der Waals surface area contributed by atoms with E-state index in [1.54, 1.807) is 36.4 Å². The van der Waals surface area contributed by atoms with Gasteiger partial charge in [-0.3, -0.25) is 0 Å². The van der Waals surface area contributed by atoms with Crippen molar-refractivity contribution in [2.45, 2.75) is 29.2 Å². The zero-order chi connectivity index (χ0) is 17.9. The van der Waals surface area contributed by atoms with Crippen molar-refractivity contribution in [2.75, 3.05) is 19.6 Å². The molecule has 0 spiro atoms. The number of benzene rings is 2. The summed E-state index contributed by atoms with van der Waals surface area (Å²) < 4.78 is 54.0. The number of hydrogen-bond acceptors (Lipinski definition) is 3. The van der Waals surface area contributed by atoms with Crippen LogP contribution in [0.25, 0.3) is 0 Å². The molecule has 6 heteroatoms. The van der Waals surface area contributed by atoms with Crippen molar-refractivity contribution in [3.05, 3.63) is 66.0 Å². The molecule has 1 aliphatic heterocycles. The van der Waals surface area contributed by atoms with Crippen LogP contribution in [0.15, 0.2) is 59.5 Å². The molecule has 0 aromatic heterocycles. The Morgan fingerprint density at radius 3 is 2.20 bits per heavy atom. The van der Waals surface area contributed by atoms with E-state index in [-0.39, 0.29) is 23.6 Å². The molecular weight excluding hydrogens is 344 g/mol. The van der Waals surface area contributed by atoms with Gasteiger partial charge in [-0.15, -0.1) is 0 Å². The van der Waals surface area contributed by atoms with Gasteiger partial charge in [0, 0.05) is 32.5 Å². The van der Waals surface area contributed by atoms with Crippen LogP contribution >= 0.6 is 0 Å². The van der Waals surface area contributed by atoms with Crippen molar-refractivity contribution in [1.82, 2.24) is 4.90 Å². The van der Waals surface area contributed by atoms with Gasteiger partial charge in [0.05, 0.1) is 4.90 Å². The number of hydrogen-bond donors (Lipinski definition) is 0. The topological polar surface area (TPSA) is 37.4 Å². The smallest absolute Gasteiger partial charge is 0.217 e. The van der Waals surface area contributed by atoms with Gasteiger partial charge in [-0.2, -0.15) is 0 Å². The fourth-order valence-corrected chi connectivity index (χ4v) is 4.83. The predicted molar refractivity (Wildman–Crippen MR) is 93.2 cm³/mol. The van der Waals surface area contributed by atoms with E-state index in [1.807, 2.05) is 4.90 Å². The lowest BCUT2D eigenvalue weighted by molar-refractivity contribution is 0.120. The lowest BCUT2D eigenvalue weighted by Gasteiger charge is -2.35. The molecule has 2 aromatic carbocycles. The molecule has 134 valence electrons. The number of alkyl halides is 1. The molecule has 25 heavy (non-hydrogen) atoms. The van der Waals surface area contributed by atoms with Gasteiger partial charge < -0.3 is 4.90 Å². The first-order valence-electron chi connectivity index (χ1n) is 8.37. The maximum atomic E-state index is 15.2. The minimum absolute atomic E-state index is 0.0253. The van der Waals surface area contributed by atoms with Crippen LogP contribution in [0.5, 0.6) is 0 Å². The number of halogens is 2. The minimum atomic E-state index is -4.01. The van der Waals surface area contributed by atoms with Gasteiger partial charge in [0.1, 0.15) is 5.82 Å². The fraction of sp³-hybridized carbons (Fsp3) is 0.368. The summed E-state index contributed by atoms with van der Waals surface area (Å²) in [6.07, 6.45) is 0.389. The zero-order valence-corrected chi connectivity index (χ0v) is 14.7. The summed E-state index contributed by atoms with van der Waals surface area (Å²) in [4.78, 5) is 2.02. The van der Waals surface area contributed by atoms with Crippen LogP contribution in [0.2, 0.25) is 0 Å². The van der Waals surface area contributed by atoms with E-state index < -0.39 is 14.8 Å². The number of sulfone groups is 1. The number of rotatable bonds is 5. The van der Waals surface area contributed by atoms with Gasteiger partial charge in [0.25, 0.3) is 0 Å². The minimum Gasteiger partial charge on any atom is -0.303 e. The molecule has 1 aliphatic rings. The summed E-state index contributed by atoms with van der Waals surface area (Å²) in [6, 6.07) is 14.3. The maximum absolute atomic E-state index is 15.2. The molecule has 0 amide bonds. The summed E-state index contributed by atoms with van der Waals surface area (Å²) in [6.45, 7) is 1.27. The molecule has 0 atom stereocenters. The van der Waals surface area contributed by atoms with E-state index in [9.17, 15) is 12.8 Å². The summed E-state index contributed by atoms with van der Waals surface area (Å²) in [5.74, 6) is -0.244. The van der Waals surface area contributed by atoms with E-state index in [1.165, 1.54) is 18.2 Å². The Hall–Kier alpha value is -1.79. The lowest BCUT2D eigenvalue weighted by atomic mass is 10.1. The normalized spacial score (nSPS) is 18.2. The average Bonchev–Trinajstić information content (AvgIpc) is 2.63. The Bertz CT molecular complexity index is 816. The summed E-state index contributed by atoms with van der Waals surface area (Å²) in [7, 11) is -4.01. The van der Waals surface area contributed by atoms with Crippen LogP contribution in [-0.2, 0) is 16.3 Å². The Labute approximate surface area is 147 Å². The van der Waals surface area contributed by atoms with E-state index >= 15 is 4.39 Å². The first-order valence-corrected chi connectivity index (χ1v) is 9.85. The van der Waals surface area contributed by atoms with Crippen molar-refractivity contribution in [3.8, 4) is 0 Å². The van der Waals surface area contributed by atoms with Gasteiger partial charge in [0.2, 0.25) is 14.8 Å². The highest BCUT2D eigenvalue weighted by molar-refractivity contribution is 7.92. The number of piperidine rings is 1. The van der Waals surface area contributed by atoms with Gasteiger partial charge in [-0.25, -0.2) is 17.2 Å². The van der Waals surface area contributed by atoms with Crippen LogP contribution in [0, 0.1) is 5.82 Å². The first-order chi connectivity index (χ1) is 11.9. The lowest BCUT2D eigenvalue weighted by Crippen LogP contribution is -2.46. The molecule has 3 rings (SSSR count). The molecule has 0 N–H and O–H groups in total. The molecule has 1 heterocycles. The van der Waals surface area contributed by atoms with E-state index in [0.29, 0.717) is 31.6 Å². The van der Waals surface area contributed by atoms with Crippen molar-refractivity contribution >= 4 is 9.84 Å². The largest absolute Gasteiger partial charge is 0.303 e. The fourth-order valence-electron chi connectivity index (χ4n) is 3.17. The highest BCUT2D eigenvalue weighted by atomic mass is 32.2. The summed E-state index contributed by atoms with van der Waals surface area (Å²) in [5.41, 5.74) is 0.622. The Balaban J connectivity index is 1.62. The third-order valence-corrected chi connectivity index (χ3v) is 7.06. The monoisotopic (exact) mass is 365 g/mol. The van der Waals surface area contributed by atoms with Crippen molar-refractivity contribution < 1.29 is 17.2 Å². The third-order valence-electron chi connectivity index (χ3n) is 4.79. The van der Waals surface area contributed by atoms with Crippen LogP contribution < -0.4 is 0 Å². The Morgan fingerprint density at radius 1 is 0.960 bits per heavy atom. The van der Waals surface area contributed by atoms with Crippen LogP contribution in [-0.4, -0.2) is 38.0 Å². The van der Waals surface area contributed by atoms with E-state index in [0.717, 1.165) is 0 Å². The number of nitrogens with zero attached hydrogens (tertiary/aromatic N) is 1. The predicted octanol–water partition coefficient (Wildman–Crippen LogP) is 3.60. The van der Waals surface area contributed by atoms with Crippen LogP contribution in [0.1, 0.15) is 18.4 Å². The summed E-state index contributed by atoms with van der Waals surface area (Å²) >= 11 is 0. The van der Waals surface area contributed by atoms with Gasteiger partial charge in [0.15, 0.2) is 0 Å². The van der Waals surface area contributed by atoms with Gasteiger partial charge in [-0.1, -0.05) is 36.4 Å². The molecule has 1 fully saturated rings. The zero-order valence-electron chi connectivity index (χ0n) is 13.9. The van der Waals surface area contributed by atoms with Crippen LogP contribution in [0.3, 0.4) is 0 Å². The highest BCUT2D eigenvalue weighted by Crippen LogP contribution is 2.36. The summed E-state index contributed by atoms with van der Waals surface area (Å²) in [5, 5.41) is -2.23. The standard InChI is InChI=1S/C19H21F2NO2S/c20-18-9-5-4-6-16(18)10-13-22-14-11-19(21,12-15-22)25(23,24)17-7-2-1-3-8-17/h1-9H,10-15H2. The van der Waals surface area contributed by atoms with Crippen molar-refractivity contribution in [1.29, 1.82) is 0 Å². The Kier molecular flexibility index (Phi) is 5.20. The second kappa shape index (κ2) is 7.22. The molecule has 1 saturated heterocycles. The van der Waals surface area contributed by atoms with Gasteiger partial charge in [-0.05, 0) is 30.2 Å². The second-order valence-electron chi connectivity index (χ2n) is 6.38. The molecule has 0 aliphatic carbocycles. The molecule has 0 saturated carbocycles. The van der Waals surface area contributed by atoms with Crippen molar-refractivity contribution in [2.24, 2.45) is 0 Å². The maximum Gasteiger partial charge on any atom is 0.217 e. The SMILES string of the molecule is O=S(=O)(c1ccccc1)C1(F)CCN(CCc2ccccc2F)CC1. The average molecular weight is 365 g/mol. The Morgan fingerprint density at radius 2 is 1.56 bits per heavy atom. The first kappa shape index (κ1) is 18.0. The second-order valence-corrected chi connectivity index (χ2v) is 8.59. The molecule has 3 nitrogen and oxygen atoms in total. The van der Waals surface area contributed by atoms with E-state index in [4.69, 9.17) is 0 Å². The van der Waals surface area contributed by atoms with Crippen molar-refractivity contribution in [3.63, 3.8) is 0 Å². The quantitative estimate of drug-likeness (QED) is 0.812.